The molecule has 2 N–H and O–H groups in total. The summed E-state index contributed by atoms with van der Waals surface area (Å²) in [4.78, 5) is 4.15. The Morgan fingerprint density at radius 1 is 0.952 bits per heavy atom. The van der Waals surface area contributed by atoms with Gasteiger partial charge in [-0.15, -0.1) is 0 Å². The van der Waals surface area contributed by atoms with Crippen LogP contribution < -0.4 is 4.72 Å². The van der Waals surface area contributed by atoms with E-state index in [1.165, 1.54) is 0 Å². The van der Waals surface area contributed by atoms with Gasteiger partial charge >= 0.3 is 0 Å². The quantitative estimate of drug-likeness (QED) is 0.804. The van der Waals surface area contributed by atoms with E-state index in [0.29, 0.717) is 19.4 Å². The average Bonchev–Trinajstić information content (AvgIpc) is 2.49. The maximum atomic E-state index is 12.1. The van der Waals surface area contributed by atoms with Gasteiger partial charge in [0.15, 0.2) is 0 Å². The van der Waals surface area contributed by atoms with Crippen molar-refractivity contribution in [1.82, 2.24) is 9.71 Å². The van der Waals surface area contributed by atoms with Crippen LogP contribution in [0.25, 0.3) is 0 Å². The summed E-state index contributed by atoms with van der Waals surface area (Å²) in [5.74, 6) is 0. The summed E-state index contributed by atoms with van der Waals surface area (Å²) in [7, 11) is -3.49. The van der Waals surface area contributed by atoms with Gasteiger partial charge in [0.05, 0.1) is 4.90 Å². The van der Waals surface area contributed by atoms with E-state index in [9.17, 15) is 8.42 Å². The molecule has 5 nitrogen and oxygen atoms in total. The Morgan fingerprint density at radius 2 is 1.57 bits per heavy atom. The highest BCUT2D eigenvalue weighted by molar-refractivity contribution is 7.89. The van der Waals surface area contributed by atoms with Gasteiger partial charge in [-0.1, -0.05) is 12.1 Å². The van der Waals surface area contributed by atoms with Crippen LogP contribution in [-0.4, -0.2) is 31.7 Å². The Kier molecular flexibility index (Phi) is 5.44. The summed E-state index contributed by atoms with van der Waals surface area (Å²) in [6, 6.07) is 10.3. The molecule has 0 aliphatic heterocycles. The second kappa shape index (κ2) is 7.31. The number of benzene rings is 1. The number of aliphatic hydroxyl groups is 1. The fourth-order valence-electron chi connectivity index (χ4n) is 1.93. The molecule has 1 heterocycles. The molecule has 2 rings (SSSR count). The first-order valence-electron chi connectivity index (χ1n) is 6.70. The van der Waals surface area contributed by atoms with Gasteiger partial charge in [0.25, 0.3) is 0 Å². The first kappa shape index (κ1) is 15.6. The van der Waals surface area contributed by atoms with Crippen LogP contribution in [0.15, 0.2) is 53.7 Å². The lowest BCUT2D eigenvalue weighted by Gasteiger charge is -2.07. The summed E-state index contributed by atoms with van der Waals surface area (Å²) < 4.78 is 26.8. The van der Waals surface area contributed by atoms with Gasteiger partial charge in [-0.2, -0.15) is 0 Å². The van der Waals surface area contributed by atoms with Crippen molar-refractivity contribution in [2.24, 2.45) is 0 Å². The monoisotopic (exact) mass is 306 g/mol. The number of sulfonamides is 1. The van der Waals surface area contributed by atoms with E-state index in [-0.39, 0.29) is 11.5 Å². The van der Waals surface area contributed by atoms with Crippen molar-refractivity contribution in [1.29, 1.82) is 0 Å². The molecule has 0 aliphatic carbocycles. The van der Waals surface area contributed by atoms with E-state index in [1.807, 2.05) is 12.1 Å². The normalized spacial score (nSPS) is 11.5. The van der Waals surface area contributed by atoms with E-state index in [1.54, 1.807) is 36.7 Å². The van der Waals surface area contributed by atoms with Gasteiger partial charge in [0, 0.05) is 25.5 Å². The molecule has 2 aromatic rings. The second-order valence-electron chi connectivity index (χ2n) is 4.62. The van der Waals surface area contributed by atoms with Crippen molar-refractivity contribution in [2.75, 3.05) is 13.2 Å². The van der Waals surface area contributed by atoms with Gasteiger partial charge in [-0.3, -0.25) is 4.98 Å². The molecule has 0 amide bonds. The SMILES string of the molecule is O=S(=O)(NCCc1ccncc1)c1ccc(CCO)cc1. The molecule has 0 saturated heterocycles. The molecule has 0 unspecified atom stereocenters. The minimum atomic E-state index is -3.49. The standard InChI is InChI=1S/C15H18N2O3S/c18-12-8-13-1-3-15(4-2-13)21(19,20)17-11-7-14-5-9-16-10-6-14/h1-6,9-10,17-18H,7-8,11-12H2. The maximum absolute atomic E-state index is 12.1. The number of nitrogens with zero attached hydrogens (tertiary/aromatic N) is 1. The minimum absolute atomic E-state index is 0.0519. The Balaban J connectivity index is 1.95. The lowest BCUT2D eigenvalue weighted by molar-refractivity contribution is 0.299. The molecule has 0 bridgehead atoms. The van der Waals surface area contributed by atoms with Crippen LogP contribution in [-0.2, 0) is 22.9 Å². The van der Waals surface area contributed by atoms with Crippen molar-refractivity contribution < 1.29 is 13.5 Å². The Labute approximate surface area is 124 Å². The third-order valence-corrected chi connectivity index (χ3v) is 4.57. The molecule has 0 atom stereocenters. The number of pyridine rings is 1. The highest BCUT2D eigenvalue weighted by Crippen LogP contribution is 2.11. The number of hydrogen-bond acceptors (Lipinski definition) is 4. The van der Waals surface area contributed by atoms with Gasteiger partial charge in [0.1, 0.15) is 0 Å². The van der Waals surface area contributed by atoms with E-state index in [0.717, 1.165) is 11.1 Å². The van der Waals surface area contributed by atoms with Crippen molar-refractivity contribution in [3.8, 4) is 0 Å². The summed E-state index contributed by atoms with van der Waals surface area (Å²) >= 11 is 0. The smallest absolute Gasteiger partial charge is 0.240 e. The van der Waals surface area contributed by atoms with Gasteiger partial charge < -0.3 is 5.11 Å². The molecule has 6 heteroatoms. The molecule has 0 aliphatic rings. The molecule has 0 fully saturated rings. The Hall–Kier alpha value is -1.76. The van der Waals surface area contributed by atoms with Crippen molar-refractivity contribution >= 4 is 10.0 Å². The number of rotatable bonds is 7. The minimum Gasteiger partial charge on any atom is -0.396 e. The molecular weight excluding hydrogens is 288 g/mol. The van der Waals surface area contributed by atoms with Crippen LogP contribution in [0.4, 0.5) is 0 Å². The number of aliphatic hydroxyl groups excluding tert-OH is 1. The molecule has 0 saturated carbocycles. The Morgan fingerprint density at radius 3 is 2.19 bits per heavy atom. The summed E-state index contributed by atoms with van der Waals surface area (Å²) in [5, 5.41) is 8.84. The summed E-state index contributed by atoms with van der Waals surface area (Å²) in [6.07, 6.45) is 4.51. The molecule has 112 valence electrons. The van der Waals surface area contributed by atoms with Gasteiger partial charge in [0.2, 0.25) is 10.0 Å². The van der Waals surface area contributed by atoms with Crippen molar-refractivity contribution in [2.45, 2.75) is 17.7 Å². The van der Waals surface area contributed by atoms with E-state index < -0.39 is 10.0 Å². The molecular formula is C15H18N2O3S. The van der Waals surface area contributed by atoms with Crippen molar-refractivity contribution in [3.05, 3.63) is 59.9 Å². The van der Waals surface area contributed by atoms with Crippen LogP contribution in [0.2, 0.25) is 0 Å². The number of nitrogens with one attached hydrogen (secondary N) is 1. The van der Waals surface area contributed by atoms with Crippen LogP contribution in [0, 0.1) is 0 Å². The number of aromatic nitrogens is 1. The second-order valence-corrected chi connectivity index (χ2v) is 6.39. The lowest BCUT2D eigenvalue weighted by atomic mass is 10.2. The molecule has 0 spiro atoms. The third-order valence-electron chi connectivity index (χ3n) is 3.09. The zero-order chi connectivity index (χ0) is 15.1. The molecule has 1 aromatic carbocycles. The van der Waals surface area contributed by atoms with Crippen molar-refractivity contribution in [3.63, 3.8) is 0 Å². The van der Waals surface area contributed by atoms with E-state index >= 15 is 0 Å². The Bertz CT molecular complexity index is 655. The highest BCUT2D eigenvalue weighted by Gasteiger charge is 2.12. The predicted molar refractivity (Wildman–Crippen MR) is 80.4 cm³/mol. The van der Waals surface area contributed by atoms with Gasteiger partial charge in [-0.05, 0) is 48.2 Å². The fraction of sp³-hybridized carbons (Fsp3) is 0.267. The third kappa shape index (κ3) is 4.63. The first-order valence-corrected chi connectivity index (χ1v) is 8.18. The largest absolute Gasteiger partial charge is 0.396 e. The van der Waals surface area contributed by atoms with Crippen LogP contribution in [0.3, 0.4) is 0 Å². The van der Waals surface area contributed by atoms with E-state index in [2.05, 4.69) is 9.71 Å². The van der Waals surface area contributed by atoms with Gasteiger partial charge in [-0.25, -0.2) is 13.1 Å². The average molecular weight is 306 g/mol. The van der Waals surface area contributed by atoms with Crippen LogP contribution in [0.5, 0.6) is 0 Å². The first-order chi connectivity index (χ1) is 10.1. The summed E-state index contributed by atoms with van der Waals surface area (Å²) in [5.41, 5.74) is 1.94. The lowest BCUT2D eigenvalue weighted by Crippen LogP contribution is -2.26. The zero-order valence-corrected chi connectivity index (χ0v) is 12.4. The molecule has 1 aromatic heterocycles. The molecule has 21 heavy (non-hydrogen) atoms. The van der Waals surface area contributed by atoms with E-state index in [4.69, 9.17) is 5.11 Å². The number of hydrogen-bond donors (Lipinski definition) is 2. The fourth-order valence-corrected chi connectivity index (χ4v) is 2.96. The molecule has 0 radical (unpaired) electrons. The van der Waals surface area contributed by atoms with Crippen LogP contribution >= 0.6 is 0 Å². The topological polar surface area (TPSA) is 79.3 Å². The zero-order valence-electron chi connectivity index (χ0n) is 11.6. The predicted octanol–water partition coefficient (Wildman–Crippen LogP) is 1.14. The summed E-state index contributed by atoms with van der Waals surface area (Å²) in [6.45, 7) is 0.390. The highest BCUT2D eigenvalue weighted by atomic mass is 32.2. The van der Waals surface area contributed by atoms with Crippen LogP contribution in [0.1, 0.15) is 11.1 Å². The maximum Gasteiger partial charge on any atom is 0.240 e.